The molecule has 4 heteroatoms. The van der Waals surface area contributed by atoms with Crippen LogP contribution < -0.4 is 5.32 Å². The molecule has 0 radical (unpaired) electrons. The second kappa shape index (κ2) is 5.22. The topological polar surface area (TPSA) is 66.4 Å². The van der Waals surface area contributed by atoms with E-state index in [2.05, 4.69) is 5.32 Å². The summed E-state index contributed by atoms with van der Waals surface area (Å²) in [7, 11) is 0. The summed E-state index contributed by atoms with van der Waals surface area (Å²) >= 11 is 0. The highest BCUT2D eigenvalue weighted by Gasteiger charge is 1.91. The van der Waals surface area contributed by atoms with Crippen LogP contribution in [-0.4, -0.2) is 17.0 Å². The highest BCUT2D eigenvalue weighted by molar-refractivity contribution is 5.94. The Morgan fingerprint density at radius 2 is 2.00 bits per heavy atom. The Kier molecular flexibility index (Phi) is 4.47. The molecule has 4 nitrogen and oxygen atoms in total. The first-order valence-corrected chi connectivity index (χ1v) is 2.99. The van der Waals surface area contributed by atoms with Gasteiger partial charge in [-0.25, -0.2) is 4.79 Å². The van der Waals surface area contributed by atoms with Crippen LogP contribution in [0.3, 0.4) is 0 Å². The molecule has 0 aliphatic rings. The molecule has 1 amide bonds. The number of carbonyl (C=O) groups excluding carboxylic acids is 1. The van der Waals surface area contributed by atoms with Gasteiger partial charge in [0.2, 0.25) is 5.91 Å². The van der Waals surface area contributed by atoms with Gasteiger partial charge in [-0.1, -0.05) is 6.08 Å². The number of amides is 1. The number of rotatable bonds is 3. The van der Waals surface area contributed by atoms with Crippen LogP contribution in [0.25, 0.3) is 0 Å². The van der Waals surface area contributed by atoms with E-state index in [1.807, 2.05) is 0 Å². The van der Waals surface area contributed by atoms with Gasteiger partial charge >= 0.3 is 5.97 Å². The lowest BCUT2D eigenvalue weighted by molar-refractivity contribution is -0.131. The van der Waals surface area contributed by atoms with Crippen LogP contribution >= 0.6 is 0 Å². The summed E-state index contributed by atoms with van der Waals surface area (Å²) in [6.07, 6.45) is 4.78. The van der Waals surface area contributed by atoms with Crippen LogP contribution in [-0.2, 0) is 9.59 Å². The minimum atomic E-state index is -1.14. The van der Waals surface area contributed by atoms with Crippen LogP contribution in [0.4, 0.5) is 0 Å². The lowest BCUT2D eigenvalue weighted by atomic mass is 10.5. The molecular formula is C7H9NO3. The van der Waals surface area contributed by atoms with Gasteiger partial charge in [-0.05, 0) is 13.1 Å². The Hall–Kier alpha value is -1.58. The number of carboxylic acid groups (broad SMARTS) is 1. The zero-order chi connectivity index (χ0) is 8.69. The molecule has 0 heterocycles. The van der Waals surface area contributed by atoms with Crippen molar-refractivity contribution in [2.24, 2.45) is 0 Å². The molecule has 2 N–H and O–H groups in total. The Balaban J connectivity index is 3.78. The molecule has 0 aromatic carbocycles. The Bertz CT molecular complexity index is 206. The number of allylic oxidation sites excluding steroid dienone is 1. The van der Waals surface area contributed by atoms with Gasteiger partial charge in [0, 0.05) is 12.2 Å². The lowest BCUT2D eigenvalue weighted by Crippen LogP contribution is -2.13. The summed E-state index contributed by atoms with van der Waals surface area (Å²) < 4.78 is 0. The number of aliphatic carboxylic acids is 1. The predicted molar refractivity (Wildman–Crippen MR) is 39.7 cm³/mol. The summed E-state index contributed by atoms with van der Waals surface area (Å²) in [4.78, 5) is 20.5. The number of hydrogen-bond acceptors (Lipinski definition) is 2. The maximum absolute atomic E-state index is 10.6. The first-order valence-electron chi connectivity index (χ1n) is 2.99. The van der Waals surface area contributed by atoms with Gasteiger partial charge in [0.05, 0.1) is 0 Å². The van der Waals surface area contributed by atoms with Crippen molar-refractivity contribution in [1.29, 1.82) is 0 Å². The number of hydrogen-bond donors (Lipinski definition) is 2. The highest BCUT2D eigenvalue weighted by Crippen LogP contribution is 1.74. The molecule has 0 aromatic heterocycles. The highest BCUT2D eigenvalue weighted by atomic mass is 16.4. The smallest absolute Gasteiger partial charge is 0.328 e. The monoisotopic (exact) mass is 155 g/mol. The summed E-state index contributed by atoms with van der Waals surface area (Å²) in [6, 6.07) is 0. The van der Waals surface area contributed by atoms with E-state index >= 15 is 0 Å². The van der Waals surface area contributed by atoms with Gasteiger partial charge in [0.15, 0.2) is 0 Å². The third-order valence-electron chi connectivity index (χ3n) is 0.770. The fraction of sp³-hybridized carbons (Fsp3) is 0.143. The maximum Gasteiger partial charge on any atom is 0.328 e. The van der Waals surface area contributed by atoms with E-state index in [0.29, 0.717) is 0 Å². The van der Waals surface area contributed by atoms with Gasteiger partial charge < -0.3 is 10.4 Å². The van der Waals surface area contributed by atoms with Crippen LogP contribution in [0, 0.1) is 0 Å². The average Bonchev–Trinajstić information content (AvgIpc) is 1.97. The van der Waals surface area contributed by atoms with Crippen LogP contribution in [0.1, 0.15) is 6.92 Å². The van der Waals surface area contributed by atoms with Crippen molar-refractivity contribution >= 4 is 11.9 Å². The third-order valence-corrected chi connectivity index (χ3v) is 0.770. The quantitative estimate of drug-likeness (QED) is 0.575. The van der Waals surface area contributed by atoms with Gasteiger partial charge in [-0.2, -0.15) is 0 Å². The summed E-state index contributed by atoms with van der Waals surface area (Å²) in [5, 5.41) is 10.4. The van der Waals surface area contributed by atoms with E-state index in [9.17, 15) is 9.59 Å². The molecule has 0 saturated heterocycles. The molecule has 0 unspecified atom stereocenters. The van der Waals surface area contributed by atoms with Crippen molar-refractivity contribution in [3.05, 3.63) is 24.4 Å². The summed E-state index contributed by atoms with van der Waals surface area (Å²) in [5.74, 6) is -1.59. The van der Waals surface area contributed by atoms with Gasteiger partial charge in [-0.3, -0.25) is 4.79 Å². The average molecular weight is 155 g/mol. The van der Waals surface area contributed by atoms with Gasteiger partial charge in [0.1, 0.15) is 0 Å². The van der Waals surface area contributed by atoms with Crippen molar-refractivity contribution in [2.45, 2.75) is 6.92 Å². The molecule has 0 rings (SSSR count). The normalized spacial score (nSPS) is 10.6. The minimum absolute atomic E-state index is 0.453. The summed E-state index contributed by atoms with van der Waals surface area (Å²) in [5.41, 5.74) is 0. The van der Waals surface area contributed by atoms with E-state index in [1.165, 1.54) is 6.20 Å². The predicted octanol–water partition coefficient (Wildman–Crippen LogP) is 0.277. The first kappa shape index (κ1) is 9.42. The molecule has 60 valence electrons. The molecule has 0 bridgehead atoms. The second-order valence-electron chi connectivity index (χ2n) is 1.68. The molecule has 0 aliphatic carbocycles. The molecule has 0 aliphatic heterocycles. The van der Waals surface area contributed by atoms with E-state index < -0.39 is 11.9 Å². The Labute approximate surface area is 64.2 Å². The van der Waals surface area contributed by atoms with Gasteiger partial charge in [0.25, 0.3) is 0 Å². The zero-order valence-corrected chi connectivity index (χ0v) is 6.07. The fourth-order valence-corrected chi connectivity index (χ4v) is 0.361. The van der Waals surface area contributed by atoms with E-state index in [1.54, 1.807) is 13.0 Å². The Morgan fingerprint density at radius 1 is 1.36 bits per heavy atom. The van der Waals surface area contributed by atoms with Crippen LogP contribution in [0.15, 0.2) is 24.4 Å². The van der Waals surface area contributed by atoms with Crippen molar-refractivity contribution in [3.8, 4) is 0 Å². The molecular weight excluding hydrogens is 146 g/mol. The van der Waals surface area contributed by atoms with Crippen molar-refractivity contribution in [1.82, 2.24) is 5.32 Å². The second-order valence-corrected chi connectivity index (χ2v) is 1.68. The number of nitrogens with one attached hydrogen (secondary N) is 1. The molecule has 0 spiro atoms. The summed E-state index contributed by atoms with van der Waals surface area (Å²) in [6.45, 7) is 1.74. The van der Waals surface area contributed by atoms with Crippen LogP contribution in [0.5, 0.6) is 0 Å². The lowest BCUT2D eigenvalue weighted by Gasteiger charge is -1.89. The van der Waals surface area contributed by atoms with Crippen molar-refractivity contribution in [3.63, 3.8) is 0 Å². The SMILES string of the molecule is C/C=C/NC(=O)/C=C/C(=O)O. The minimum Gasteiger partial charge on any atom is -0.478 e. The largest absolute Gasteiger partial charge is 0.478 e. The molecule has 0 aromatic rings. The molecule has 11 heavy (non-hydrogen) atoms. The molecule has 0 fully saturated rings. The first-order chi connectivity index (χ1) is 5.16. The Morgan fingerprint density at radius 3 is 2.45 bits per heavy atom. The number of carbonyl (C=O) groups is 2. The van der Waals surface area contributed by atoms with Crippen molar-refractivity contribution < 1.29 is 14.7 Å². The fourth-order valence-electron chi connectivity index (χ4n) is 0.361. The molecule has 0 saturated carbocycles. The van der Waals surface area contributed by atoms with Crippen molar-refractivity contribution in [2.75, 3.05) is 0 Å². The zero-order valence-electron chi connectivity index (χ0n) is 6.07. The maximum atomic E-state index is 10.6. The van der Waals surface area contributed by atoms with E-state index in [0.717, 1.165) is 12.2 Å². The van der Waals surface area contributed by atoms with E-state index in [-0.39, 0.29) is 0 Å². The van der Waals surface area contributed by atoms with Crippen LogP contribution in [0.2, 0.25) is 0 Å². The third kappa shape index (κ3) is 6.30. The van der Waals surface area contributed by atoms with Gasteiger partial charge in [-0.15, -0.1) is 0 Å². The molecule has 0 atom stereocenters. The number of carboxylic acids is 1. The van der Waals surface area contributed by atoms with E-state index in [4.69, 9.17) is 5.11 Å². The standard InChI is InChI=1S/C7H9NO3/c1-2-5-8-6(9)3-4-7(10)11/h2-5H,1H3,(H,8,9)(H,10,11)/b4-3+,5-2+.